The van der Waals surface area contributed by atoms with Crippen LogP contribution in [0.3, 0.4) is 0 Å². The fraction of sp³-hybridized carbons (Fsp3) is 0.526. The van der Waals surface area contributed by atoms with Crippen molar-refractivity contribution in [3.63, 3.8) is 0 Å². The summed E-state index contributed by atoms with van der Waals surface area (Å²) in [5, 5.41) is 3.80. The zero-order chi connectivity index (χ0) is 18.8. The number of hydrogen-bond donors (Lipinski definition) is 1. The summed E-state index contributed by atoms with van der Waals surface area (Å²) in [5.41, 5.74) is 0.123. The third-order valence-electron chi connectivity index (χ3n) is 6.23. The second-order valence-corrected chi connectivity index (χ2v) is 8.76. The van der Waals surface area contributed by atoms with Crippen molar-refractivity contribution in [3.8, 4) is 5.75 Å². The minimum absolute atomic E-state index is 0. The highest BCUT2D eigenvalue weighted by Gasteiger charge is 2.60. The number of thiophene rings is 1. The van der Waals surface area contributed by atoms with Crippen molar-refractivity contribution in [2.75, 3.05) is 13.1 Å². The smallest absolute Gasteiger partial charge is 0.404 e. The Morgan fingerprint density at radius 1 is 1.25 bits per heavy atom. The normalized spacial score (nSPS) is 27.5. The molecule has 9 heteroatoms. The number of nitrogens with zero attached hydrogens (tertiary/aromatic N) is 1. The first-order valence-electron chi connectivity index (χ1n) is 9.20. The van der Waals surface area contributed by atoms with Crippen molar-refractivity contribution >= 4 is 39.7 Å². The minimum atomic E-state index is -4.76. The first kappa shape index (κ1) is 19.8. The number of fused-ring (bicyclic) bond motifs is 3. The van der Waals surface area contributed by atoms with Gasteiger partial charge in [0, 0.05) is 5.54 Å². The van der Waals surface area contributed by atoms with E-state index < -0.39 is 6.36 Å². The van der Waals surface area contributed by atoms with Crippen LogP contribution < -0.4 is 10.1 Å². The Labute approximate surface area is 170 Å². The Balaban J connectivity index is 0.00000192. The molecule has 3 aliphatic heterocycles. The molecule has 4 nitrogen and oxygen atoms in total. The number of piperidine rings is 3. The van der Waals surface area contributed by atoms with E-state index in [9.17, 15) is 18.0 Å². The Kier molecular flexibility index (Phi) is 4.79. The number of rotatable bonds is 3. The average molecular weight is 433 g/mol. The van der Waals surface area contributed by atoms with Crippen LogP contribution in [0.25, 0.3) is 10.1 Å². The Bertz CT molecular complexity index is 904. The molecule has 4 heterocycles. The van der Waals surface area contributed by atoms with Crippen LogP contribution in [0.5, 0.6) is 5.75 Å². The second-order valence-electron chi connectivity index (χ2n) is 7.71. The van der Waals surface area contributed by atoms with E-state index >= 15 is 0 Å². The maximum Gasteiger partial charge on any atom is 0.573 e. The van der Waals surface area contributed by atoms with Crippen LogP contribution in [0.15, 0.2) is 24.3 Å². The largest absolute Gasteiger partial charge is 0.573 e. The summed E-state index contributed by atoms with van der Waals surface area (Å²) in [6.45, 7) is 2.22. The molecular weight excluding hydrogens is 413 g/mol. The summed E-state index contributed by atoms with van der Waals surface area (Å²) >= 11 is 1.05. The lowest BCUT2D eigenvalue weighted by Gasteiger charge is -2.52. The van der Waals surface area contributed by atoms with Crippen molar-refractivity contribution in [3.05, 3.63) is 29.1 Å². The molecule has 4 fully saturated rings. The number of ether oxygens (including phenoxy) is 1. The molecule has 1 aromatic heterocycles. The third-order valence-corrected chi connectivity index (χ3v) is 7.39. The zero-order valence-corrected chi connectivity index (χ0v) is 16.6. The quantitative estimate of drug-likeness (QED) is 0.772. The van der Waals surface area contributed by atoms with Crippen molar-refractivity contribution in [1.82, 2.24) is 10.2 Å². The van der Waals surface area contributed by atoms with E-state index in [1.54, 1.807) is 12.1 Å². The minimum Gasteiger partial charge on any atom is -0.404 e. The third kappa shape index (κ3) is 3.25. The Morgan fingerprint density at radius 2 is 1.96 bits per heavy atom. The van der Waals surface area contributed by atoms with Crippen molar-refractivity contribution in [2.24, 2.45) is 5.92 Å². The number of benzene rings is 1. The summed E-state index contributed by atoms with van der Waals surface area (Å²) in [5.74, 6) is 0.0460. The van der Waals surface area contributed by atoms with Gasteiger partial charge in [-0.3, -0.25) is 9.69 Å². The lowest BCUT2D eigenvalue weighted by Crippen LogP contribution is -2.65. The first-order valence-corrected chi connectivity index (χ1v) is 10.0. The van der Waals surface area contributed by atoms with Gasteiger partial charge in [0.2, 0.25) is 0 Å². The molecule has 1 spiro atoms. The van der Waals surface area contributed by atoms with Gasteiger partial charge in [0.1, 0.15) is 5.75 Å². The molecule has 0 unspecified atom stereocenters. The number of carbonyl (C=O) groups excluding carboxylic acids is 1. The van der Waals surface area contributed by atoms with E-state index in [2.05, 4.69) is 15.0 Å². The lowest BCUT2D eigenvalue weighted by molar-refractivity contribution is -0.274. The maximum atomic E-state index is 12.9. The monoisotopic (exact) mass is 432 g/mol. The molecule has 2 aromatic rings. The molecule has 1 N–H and O–H groups in total. The average Bonchev–Trinajstić information content (AvgIpc) is 3.26. The van der Waals surface area contributed by atoms with E-state index in [1.165, 1.54) is 12.1 Å². The Hall–Kier alpha value is -1.51. The summed E-state index contributed by atoms with van der Waals surface area (Å²) in [4.78, 5) is 15.8. The van der Waals surface area contributed by atoms with Gasteiger partial charge in [-0.1, -0.05) is 12.1 Å². The van der Waals surface area contributed by atoms with Gasteiger partial charge in [0.15, 0.2) is 0 Å². The van der Waals surface area contributed by atoms with Gasteiger partial charge in [-0.25, -0.2) is 0 Å². The van der Waals surface area contributed by atoms with Crippen LogP contribution in [0, 0.1) is 5.92 Å². The van der Waals surface area contributed by atoms with Gasteiger partial charge in [-0.15, -0.1) is 36.9 Å². The van der Waals surface area contributed by atoms with Crippen LogP contribution in [0.1, 0.15) is 35.4 Å². The number of nitrogens with one attached hydrogen (secondary N) is 1. The van der Waals surface area contributed by atoms with E-state index in [4.69, 9.17) is 0 Å². The number of hydrogen-bond acceptors (Lipinski definition) is 4. The zero-order valence-electron chi connectivity index (χ0n) is 14.9. The van der Waals surface area contributed by atoms with Gasteiger partial charge >= 0.3 is 6.36 Å². The Morgan fingerprint density at radius 3 is 2.61 bits per heavy atom. The van der Waals surface area contributed by atoms with Gasteiger partial charge in [-0.05, 0) is 62.2 Å². The predicted molar refractivity (Wildman–Crippen MR) is 103 cm³/mol. The highest BCUT2D eigenvalue weighted by atomic mass is 35.5. The highest BCUT2D eigenvalue weighted by molar-refractivity contribution is 7.21. The van der Waals surface area contributed by atoms with E-state index in [0.717, 1.165) is 50.1 Å². The van der Waals surface area contributed by atoms with Crippen molar-refractivity contribution < 1.29 is 22.7 Å². The van der Waals surface area contributed by atoms with Crippen LogP contribution in [0.4, 0.5) is 13.2 Å². The van der Waals surface area contributed by atoms with E-state index in [0.29, 0.717) is 20.9 Å². The SMILES string of the molecule is Cl.O=C(N[C@@H]1C2CCN(CC2)C12CC2)c1cc2cccc(OC(F)(F)F)c2s1. The van der Waals surface area contributed by atoms with Crippen LogP contribution in [0.2, 0.25) is 0 Å². The lowest BCUT2D eigenvalue weighted by atomic mass is 9.77. The molecule has 0 radical (unpaired) electrons. The molecule has 1 atom stereocenters. The van der Waals surface area contributed by atoms with Gasteiger partial charge in [0.05, 0.1) is 15.6 Å². The molecule has 28 heavy (non-hydrogen) atoms. The number of carbonyl (C=O) groups is 1. The van der Waals surface area contributed by atoms with Gasteiger partial charge in [-0.2, -0.15) is 0 Å². The predicted octanol–water partition coefficient (Wildman–Crippen LogP) is 4.58. The molecule has 1 saturated carbocycles. The molecule has 3 saturated heterocycles. The number of alkyl halides is 3. The molecule has 6 rings (SSSR count). The van der Waals surface area contributed by atoms with E-state index in [-0.39, 0.29) is 35.6 Å². The molecule has 1 aromatic carbocycles. The fourth-order valence-corrected chi connectivity index (χ4v) is 5.90. The summed E-state index contributed by atoms with van der Waals surface area (Å²) in [6.07, 6.45) is -0.324. The molecule has 4 aliphatic rings. The fourth-order valence-electron chi connectivity index (χ4n) is 4.89. The van der Waals surface area contributed by atoms with E-state index in [1.807, 2.05) is 0 Å². The van der Waals surface area contributed by atoms with Gasteiger partial charge in [0.25, 0.3) is 5.91 Å². The maximum absolute atomic E-state index is 12.9. The molecule has 2 bridgehead atoms. The molecular formula is C19H20ClF3N2O2S. The molecule has 1 aliphatic carbocycles. The molecule has 1 amide bonds. The van der Waals surface area contributed by atoms with Crippen LogP contribution in [-0.2, 0) is 0 Å². The summed E-state index contributed by atoms with van der Waals surface area (Å²) in [6, 6.07) is 6.27. The number of amides is 1. The van der Waals surface area contributed by atoms with Crippen molar-refractivity contribution in [1.29, 1.82) is 0 Å². The second kappa shape index (κ2) is 6.78. The van der Waals surface area contributed by atoms with Crippen LogP contribution in [-0.4, -0.2) is 41.8 Å². The topological polar surface area (TPSA) is 41.6 Å². The van der Waals surface area contributed by atoms with Crippen molar-refractivity contribution in [2.45, 2.75) is 43.6 Å². The standard InChI is InChI=1S/C19H19F3N2O2S.ClH/c20-19(21,22)26-13-3-1-2-12-10-14(27-15(12)13)17(25)23-16-11-4-8-24(9-5-11)18(16)6-7-18;/h1-3,10-11,16H,4-9H2,(H,23,25);1H/t16-;/m1./s1. The van der Waals surface area contributed by atoms with Crippen LogP contribution >= 0.6 is 23.7 Å². The first-order chi connectivity index (χ1) is 12.9. The molecule has 152 valence electrons. The summed E-state index contributed by atoms with van der Waals surface area (Å²) < 4.78 is 42.3. The van der Waals surface area contributed by atoms with Gasteiger partial charge < -0.3 is 10.1 Å². The number of halogens is 4. The highest BCUT2D eigenvalue weighted by Crippen LogP contribution is 2.53. The summed E-state index contributed by atoms with van der Waals surface area (Å²) in [7, 11) is 0.